The minimum absolute atomic E-state index is 0.0308. The van der Waals surface area contributed by atoms with Gasteiger partial charge >= 0.3 is 0 Å². The van der Waals surface area contributed by atoms with E-state index in [1.165, 1.54) is 19.4 Å². The molecule has 0 spiro atoms. The molecule has 5 nitrogen and oxygen atoms in total. The number of ether oxygens (including phenoxy) is 2. The first-order valence-corrected chi connectivity index (χ1v) is 9.60. The van der Waals surface area contributed by atoms with Gasteiger partial charge in [0.25, 0.3) is 5.91 Å². The highest BCUT2D eigenvalue weighted by molar-refractivity contribution is 5.97. The number of hydrogen-bond acceptors (Lipinski definition) is 4. The van der Waals surface area contributed by atoms with E-state index in [9.17, 15) is 4.79 Å². The zero-order valence-electron chi connectivity index (χ0n) is 15.7. The molecule has 0 radical (unpaired) electrons. The molecule has 5 heteroatoms. The van der Waals surface area contributed by atoms with Crippen molar-refractivity contribution in [3.05, 3.63) is 35.9 Å². The number of piperazine rings is 1. The van der Waals surface area contributed by atoms with Crippen LogP contribution in [0.1, 0.15) is 23.2 Å². The van der Waals surface area contributed by atoms with E-state index in [1.807, 2.05) is 23.1 Å². The Morgan fingerprint density at radius 1 is 1.08 bits per heavy atom. The summed E-state index contributed by atoms with van der Waals surface area (Å²) in [7, 11) is 3.17. The molecule has 1 aromatic rings. The summed E-state index contributed by atoms with van der Waals surface area (Å²) in [5.41, 5.74) is 0.582. The second-order valence-electron chi connectivity index (χ2n) is 7.67. The first-order valence-electron chi connectivity index (χ1n) is 9.60. The van der Waals surface area contributed by atoms with Crippen LogP contribution in [0.4, 0.5) is 0 Å². The average molecular weight is 356 g/mol. The number of para-hydroxylation sites is 1. The van der Waals surface area contributed by atoms with Crippen molar-refractivity contribution in [2.45, 2.75) is 12.8 Å². The SMILES string of the molecule is COc1cccc(C(=O)N2CCN(C[C@@H]3C[C@@H]4C=C[C@@H]3C4)CC2)c1OC. The molecule has 1 saturated heterocycles. The Hall–Kier alpha value is -2.01. The van der Waals surface area contributed by atoms with Crippen LogP contribution < -0.4 is 9.47 Å². The Kier molecular flexibility index (Phi) is 4.90. The summed E-state index contributed by atoms with van der Waals surface area (Å²) in [5.74, 6) is 3.58. The van der Waals surface area contributed by atoms with Crippen LogP contribution in [0.25, 0.3) is 0 Å². The molecular weight excluding hydrogens is 328 g/mol. The van der Waals surface area contributed by atoms with Gasteiger partial charge in [0.15, 0.2) is 11.5 Å². The summed E-state index contributed by atoms with van der Waals surface area (Å²) in [6, 6.07) is 5.47. The Balaban J connectivity index is 1.36. The molecule has 1 heterocycles. The maximum atomic E-state index is 13.0. The second kappa shape index (κ2) is 7.31. The molecule has 0 N–H and O–H groups in total. The zero-order chi connectivity index (χ0) is 18.1. The number of methoxy groups -OCH3 is 2. The number of benzene rings is 1. The molecular formula is C21H28N2O3. The van der Waals surface area contributed by atoms with Crippen LogP contribution in [0.2, 0.25) is 0 Å². The van der Waals surface area contributed by atoms with E-state index in [0.29, 0.717) is 17.1 Å². The minimum Gasteiger partial charge on any atom is -0.493 e. The van der Waals surface area contributed by atoms with Crippen molar-refractivity contribution in [2.75, 3.05) is 46.9 Å². The van der Waals surface area contributed by atoms with Crippen LogP contribution in [0.15, 0.2) is 30.4 Å². The number of carbonyl (C=O) groups excluding carboxylic acids is 1. The lowest BCUT2D eigenvalue weighted by molar-refractivity contribution is 0.0606. The Morgan fingerprint density at radius 3 is 2.50 bits per heavy atom. The van der Waals surface area contributed by atoms with E-state index in [2.05, 4.69) is 17.1 Å². The van der Waals surface area contributed by atoms with Gasteiger partial charge in [0.2, 0.25) is 0 Å². The molecule has 1 aromatic carbocycles. The third-order valence-electron chi connectivity index (χ3n) is 6.20. The molecule has 26 heavy (non-hydrogen) atoms. The normalized spacial score (nSPS) is 27.8. The van der Waals surface area contributed by atoms with Gasteiger partial charge in [-0.05, 0) is 42.7 Å². The Morgan fingerprint density at radius 2 is 1.88 bits per heavy atom. The number of hydrogen-bond donors (Lipinski definition) is 0. The van der Waals surface area contributed by atoms with Gasteiger partial charge in [-0.1, -0.05) is 18.2 Å². The van der Waals surface area contributed by atoms with Crippen molar-refractivity contribution in [2.24, 2.45) is 17.8 Å². The lowest BCUT2D eigenvalue weighted by Gasteiger charge is -2.37. The highest BCUT2D eigenvalue weighted by Gasteiger charge is 2.37. The molecule has 0 aromatic heterocycles. The fourth-order valence-corrected chi connectivity index (χ4v) is 4.80. The summed E-state index contributed by atoms with van der Waals surface area (Å²) < 4.78 is 10.7. The lowest BCUT2D eigenvalue weighted by atomic mass is 9.93. The molecule has 3 aliphatic rings. The van der Waals surface area contributed by atoms with Gasteiger partial charge in [-0.15, -0.1) is 0 Å². The highest BCUT2D eigenvalue weighted by atomic mass is 16.5. The van der Waals surface area contributed by atoms with E-state index < -0.39 is 0 Å². The van der Waals surface area contributed by atoms with Crippen molar-refractivity contribution >= 4 is 5.91 Å². The smallest absolute Gasteiger partial charge is 0.257 e. The predicted octanol–water partition coefficient (Wildman–Crippen LogP) is 2.67. The van der Waals surface area contributed by atoms with Crippen molar-refractivity contribution in [1.82, 2.24) is 9.80 Å². The highest BCUT2D eigenvalue weighted by Crippen LogP contribution is 2.43. The number of allylic oxidation sites excluding steroid dienone is 2. The molecule has 2 aliphatic carbocycles. The van der Waals surface area contributed by atoms with Gasteiger partial charge in [0, 0.05) is 32.7 Å². The van der Waals surface area contributed by atoms with Gasteiger partial charge in [0.1, 0.15) is 0 Å². The lowest BCUT2D eigenvalue weighted by Crippen LogP contribution is -2.50. The molecule has 0 unspecified atom stereocenters. The van der Waals surface area contributed by atoms with Crippen LogP contribution in [-0.4, -0.2) is 62.7 Å². The Bertz CT molecular complexity index is 694. The molecule has 1 saturated carbocycles. The third-order valence-corrected chi connectivity index (χ3v) is 6.20. The molecule has 4 rings (SSSR count). The van der Waals surface area contributed by atoms with Gasteiger partial charge < -0.3 is 14.4 Å². The minimum atomic E-state index is 0.0308. The first kappa shape index (κ1) is 17.4. The van der Waals surface area contributed by atoms with Crippen LogP contribution in [0.3, 0.4) is 0 Å². The van der Waals surface area contributed by atoms with Crippen molar-refractivity contribution in [1.29, 1.82) is 0 Å². The number of nitrogens with zero attached hydrogens (tertiary/aromatic N) is 2. The monoisotopic (exact) mass is 356 g/mol. The van der Waals surface area contributed by atoms with E-state index in [1.54, 1.807) is 14.2 Å². The summed E-state index contributed by atoms with van der Waals surface area (Å²) in [6.45, 7) is 4.63. The van der Waals surface area contributed by atoms with E-state index in [0.717, 1.165) is 43.9 Å². The van der Waals surface area contributed by atoms with Crippen molar-refractivity contribution < 1.29 is 14.3 Å². The molecule has 2 fully saturated rings. The zero-order valence-corrected chi connectivity index (χ0v) is 15.7. The van der Waals surface area contributed by atoms with Gasteiger partial charge in [-0.3, -0.25) is 9.69 Å². The number of carbonyl (C=O) groups is 1. The average Bonchev–Trinajstić information content (AvgIpc) is 3.30. The molecule has 140 valence electrons. The second-order valence-corrected chi connectivity index (χ2v) is 7.67. The maximum absolute atomic E-state index is 13.0. The quantitative estimate of drug-likeness (QED) is 0.761. The topological polar surface area (TPSA) is 42.0 Å². The molecule has 1 amide bonds. The van der Waals surface area contributed by atoms with Crippen LogP contribution >= 0.6 is 0 Å². The van der Waals surface area contributed by atoms with E-state index in [-0.39, 0.29) is 5.91 Å². The van der Waals surface area contributed by atoms with Gasteiger partial charge in [-0.25, -0.2) is 0 Å². The number of rotatable bonds is 5. The first-order chi connectivity index (χ1) is 12.7. The third kappa shape index (κ3) is 3.20. The molecule has 3 atom stereocenters. The predicted molar refractivity (Wildman–Crippen MR) is 101 cm³/mol. The van der Waals surface area contributed by atoms with Crippen LogP contribution in [-0.2, 0) is 0 Å². The van der Waals surface area contributed by atoms with Gasteiger partial charge in [-0.2, -0.15) is 0 Å². The van der Waals surface area contributed by atoms with Gasteiger partial charge in [0.05, 0.1) is 19.8 Å². The van der Waals surface area contributed by atoms with Crippen molar-refractivity contribution in [3.8, 4) is 11.5 Å². The van der Waals surface area contributed by atoms with Crippen LogP contribution in [0.5, 0.6) is 11.5 Å². The summed E-state index contributed by atoms with van der Waals surface area (Å²) >= 11 is 0. The maximum Gasteiger partial charge on any atom is 0.257 e. The fraction of sp³-hybridized carbons (Fsp3) is 0.571. The van der Waals surface area contributed by atoms with E-state index in [4.69, 9.17) is 9.47 Å². The van der Waals surface area contributed by atoms with E-state index >= 15 is 0 Å². The largest absolute Gasteiger partial charge is 0.493 e. The standard InChI is InChI=1S/C21H28N2O3/c1-25-19-5-3-4-18(20(19)26-2)21(24)23-10-8-22(9-11-23)14-17-13-15-6-7-16(17)12-15/h3-7,15-17H,8-14H2,1-2H3/t15-,16-,17+/m1/s1. The number of fused-ring (bicyclic) bond motifs is 2. The Labute approximate surface area is 155 Å². The van der Waals surface area contributed by atoms with Crippen LogP contribution in [0, 0.1) is 17.8 Å². The fourth-order valence-electron chi connectivity index (χ4n) is 4.80. The molecule has 2 bridgehead atoms. The summed E-state index contributed by atoms with van der Waals surface area (Å²) in [6.07, 6.45) is 7.53. The molecule has 1 aliphatic heterocycles. The van der Waals surface area contributed by atoms with Crippen molar-refractivity contribution in [3.63, 3.8) is 0 Å². The number of amides is 1. The summed E-state index contributed by atoms with van der Waals surface area (Å²) in [5, 5.41) is 0. The summed E-state index contributed by atoms with van der Waals surface area (Å²) in [4.78, 5) is 17.4.